The zero-order chi connectivity index (χ0) is 17.7. The number of halogens is 1. The average Bonchev–Trinajstić information content (AvgIpc) is 2.85. The number of carbonyl (C=O) groups is 2. The third kappa shape index (κ3) is 3.98. The number of thiocyanates is 1. The molecule has 0 aliphatic carbocycles. The van der Waals surface area contributed by atoms with Crippen molar-refractivity contribution in [1.82, 2.24) is 0 Å². The topological polar surface area (TPSA) is 79.2 Å². The highest BCUT2D eigenvalue weighted by atomic mass is 79.9. The van der Waals surface area contributed by atoms with Gasteiger partial charge in [-0.05, 0) is 59.2 Å². The molecule has 5 nitrogen and oxygen atoms in total. The summed E-state index contributed by atoms with van der Waals surface area (Å²) in [5.41, 5.74) is 1.10. The molecule has 8 heteroatoms. The molecule has 1 aromatic heterocycles. The lowest BCUT2D eigenvalue weighted by Crippen LogP contribution is -2.12. The van der Waals surface area contributed by atoms with Crippen LogP contribution in [0.1, 0.15) is 32.5 Å². The Bertz CT molecular complexity index is 827. The fraction of sp³-hybridized carbons (Fsp3) is 0.188. The van der Waals surface area contributed by atoms with E-state index in [9.17, 15) is 9.59 Å². The van der Waals surface area contributed by atoms with Gasteiger partial charge in [0, 0.05) is 4.47 Å². The number of hydrogen-bond donors (Lipinski definition) is 1. The molecule has 0 radical (unpaired) electrons. The number of thiophene rings is 1. The monoisotopic (exact) mass is 424 g/mol. The number of esters is 1. The number of rotatable bonds is 5. The molecule has 2 rings (SSSR count). The van der Waals surface area contributed by atoms with Crippen molar-refractivity contribution in [2.45, 2.75) is 18.7 Å². The maximum absolute atomic E-state index is 12.5. The summed E-state index contributed by atoms with van der Waals surface area (Å²) in [6.45, 7) is 3.72. The van der Waals surface area contributed by atoms with Gasteiger partial charge < -0.3 is 10.1 Å². The Kier molecular flexibility index (Phi) is 6.43. The Morgan fingerprint density at radius 3 is 2.75 bits per heavy atom. The van der Waals surface area contributed by atoms with Gasteiger partial charge in [-0.1, -0.05) is 12.1 Å². The number of anilines is 1. The summed E-state index contributed by atoms with van der Waals surface area (Å²) < 4.78 is 5.69. The minimum absolute atomic E-state index is 0.259. The van der Waals surface area contributed by atoms with Crippen LogP contribution in [-0.4, -0.2) is 18.5 Å². The second-order valence-electron chi connectivity index (χ2n) is 4.56. The highest BCUT2D eigenvalue weighted by Crippen LogP contribution is 2.40. The van der Waals surface area contributed by atoms with Gasteiger partial charge in [0.2, 0.25) is 0 Å². The van der Waals surface area contributed by atoms with E-state index in [-0.39, 0.29) is 12.5 Å². The Balaban J connectivity index is 2.37. The Morgan fingerprint density at radius 2 is 2.12 bits per heavy atom. The van der Waals surface area contributed by atoms with Crippen molar-refractivity contribution in [3.05, 3.63) is 44.7 Å². The van der Waals surface area contributed by atoms with Crippen LogP contribution in [-0.2, 0) is 4.74 Å². The third-order valence-electron chi connectivity index (χ3n) is 3.05. The number of nitrogens with one attached hydrogen (secondary N) is 1. The van der Waals surface area contributed by atoms with Gasteiger partial charge in [-0.15, -0.1) is 11.3 Å². The molecule has 124 valence electrons. The molecule has 0 saturated heterocycles. The van der Waals surface area contributed by atoms with Crippen LogP contribution in [0.15, 0.2) is 33.6 Å². The summed E-state index contributed by atoms with van der Waals surface area (Å²) in [5, 5.41) is 14.2. The highest BCUT2D eigenvalue weighted by Gasteiger charge is 2.23. The van der Waals surface area contributed by atoms with Crippen molar-refractivity contribution in [2.24, 2.45) is 0 Å². The predicted octanol–water partition coefficient (Wildman–Crippen LogP) is 4.82. The highest BCUT2D eigenvalue weighted by molar-refractivity contribution is 9.10. The molecule has 0 fully saturated rings. The van der Waals surface area contributed by atoms with Gasteiger partial charge in [0.15, 0.2) is 0 Å². The van der Waals surface area contributed by atoms with Crippen molar-refractivity contribution in [2.75, 3.05) is 11.9 Å². The SMILES string of the molecule is CCOC(=O)c1sc(NC(=O)c2ccccc2Br)c(SC#N)c1C. The molecule has 0 aliphatic rings. The molecule has 0 aliphatic heterocycles. The lowest BCUT2D eigenvalue weighted by molar-refractivity contribution is 0.0531. The van der Waals surface area contributed by atoms with Crippen LogP contribution in [0.4, 0.5) is 5.00 Å². The molecule has 1 N–H and O–H groups in total. The molecule has 24 heavy (non-hydrogen) atoms. The van der Waals surface area contributed by atoms with Crippen molar-refractivity contribution >= 4 is 55.9 Å². The molecule has 0 saturated carbocycles. The van der Waals surface area contributed by atoms with Crippen molar-refractivity contribution < 1.29 is 14.3 Å². The number of hydrogen-bond acceptors (Lipinski definition) is 6. The molecule has 2 aromatic rings. The smallest absolute Gasteiger partial charge is 0.348 e. The van der Waals surface area contributed by atoms with Crippen molar-refractivity contribution in [1.29, 1.82) is 5.26 Å². The molecular formula is C16H13BrN2O3S2. The Hall–Kier alpha value is -1.82. The fourth-order valence-corrected chi connectivity index (χ4v) is 4.22. The molecule has 0 bridgehead atoms. The third-order valence-corrected chi connectivity index (χ3v) is 5.86. The largest absolute Gasteiger partial charge is 0.462 e. The van der Waals surface area contributed by atoms with Gasteiger partial charge >= 0.3 is 5.97 Å². The fourth-order valence-electron chi connectivity index (χ4n) is 1.96. The second kappa shape index (κ2) is 8.33. The van der Waals surface area contributed by atoms with E-state index in [2.05, 4.69) is 21.2 Å². The number of nitriles is 1. The van der Waals surface area contributed by atoms with Gasteiger partial charge in [0.25, 0.3) is 5.91 Å². The minimum atomic E-state index is -0.457. The number of amides is 1. The Morgan fingerprint density at radius 1 is 1.42 bits per heavy atom. The first kappa shape index (κ1) is 18.5. The standard InChI is InChI=1S/C16H13BrN2O3S2/c1-3-22-16(21)13-9(2)12(23-8-18)15(24-13)19-14(20)10-6-4-5-7-11(10)17/h4-7H,3H2,1-2H3,(H,19,20). The van der Waals surface area contributed by atoms with Crippen LogP contribution in [0.25, 0.3) is 0 Å². The van der Waals surface area contributed by atoms with Crippen LogP contribution < -0.4 is 5.32 Å². The number of carbonyl (C=O) groups excluding carboxylic acids is 2. The zero-order valence-corrected chi connectivity index (χ0v) is 16.1. The quantitative estimate of drug-likeness (QED) is 0.422. The van der Waals surface area contributed by atoms with Gasteiger partial charge in [-0.25, -0.2) is 4.79 Å². The van der Waals surface area contributed by atoms with E-state index in [1.54, 1.807) is 32.0 Å². The van der Waals surface area contributed by atoms with E-state index in [1.807, 2.05) is 11.5 Å². The van der Waals surface area contributed by atoms with E-state index in [0.717, 1.165) is 23.1 Å². The van der Waals surface area contributed by atoms with Gasteiger partial charge in [-0.3, -0.25) is 4.79 Å². The predicted molar refractivity (Wildman–Crippen MR) is 98.6 cm³/mol. The van der Waals surface area contributed by atoms with Gasteiger partial charge in [-0.2, -0.15) is 5.26 Å². The lowest BCUT2D eigenvalue weighted by atomic mass is 10.2. The summed E-state index contributed by atoms with van der Waals surface area (Å²) >= 11 is 5.35. The number of ether oxygens (including phenoxy) is 1. The lowest BCUT2D eigenvalue weighted by Gasteiger charge is -2.06. The number of thioether (sulfide) groups is 1. The van der Waals surface area contributed by atoms with E-state index in [0.29, 0.717) is 30.4 Å². The summed E-state index contributed by atoms with van der Waals surface area (Å²) in [6, 6.07) is 7.02. The molecule has 0 unspecified atom stereocenters. The molecule has 1 amide bonds. The average molecular weight is 425 g/mol. The van der Waals surface area contributed by atoms with Crippen molar-refractivity contribution in [3.8, 4) is 5.40 Å². The first-order valence-electron chi connectivity index (χ1n) is 6.91. The maximum Gasteiger partial charge on any atom is 0.348 e. The van der Waals surface area contributed by atoms with Crippen LogP contribution in [0.5, 0.6) is 0 Å². The molecular weight excluding hydrogens is 412 g/mol. The molecule has 1 heterocycles. The zero-order valence-electron chi connectivity index (χ0n) is 12.9. The first-order chi connectivity index (χ1) is 11.5. The van der Waals surface area contributed by atoms with Crippen molar-refractivity contribution in [3.63, 3.8) is 0 Å². The minimum Gasteiger partial charge on any atom is -0.462 e. The summed E-state index contributed by atoms with van der Waals surface area (Å²) in [5.74, 6) is -0.778. The van der Waals surface area contributed by atoms with E-state index >= 15 is 0 Å². The molecule has 0 spiro atoms. The summed E-state index contributed by atoms with van der Waals surface area (Å²) in [7, 11) is 0. The van der Waals surface area contributed by atoms with Crippen LogP contribution in [0.2, 0.25) is 0 Å². The van der Waals surface area contributed by atoms with Gasteiger partial charge in [0.1, 0.15) is 15.3 Å². The normalized spacial score (nSPS) is 10.1. The Labute approximate surface area is 156 Å². The molecule has 1 aromatic carbocycles. The van der Waals surface area contributed by atoms with Crippen LogP contribution in [0, 0.1) is 17.6 Å². The van der Waals surface area contributed by atoms with E-state index < -0.39 is 5.97 Å². The van der Waals surface area contributed by atoms with E-state index in [1.165, 1.54) is 0 Å². The first-order valence-corrected chi connectivity index (χ1v) is 9.34. The summed E-state index contributed by atoms with van der Waals surface area (Å²) in [6.07, 6.45) is 0. The molecule has 0 atom stereocenters. The van der Waals surface area contributed by atoms with Crippen LogP contribution >= 0.6 is 39.0 Å². The second-order valence-corrected chi connectivity index (χ2v) is 7.23. The number of nitrogens with zero attached hydrogens (tertiary/aromatic N) is 1. The number of benzene rings is 1. The van der Waals surface area contributed by atoms with E-state index in [4.69, 9.17) is 10.00 Å². The van der Waals surface area contributed by atoms with Crippen LogP contribution in [0.3, 0.4) is 0 Å². The maximum atomic E-state index is 12.5. The van der Waals surface area contributed by atoms with Gasteiger partial charge in [0.05, 0.1) is 17.1 Å². The summed E-state index contributed by atoms with van der Waals surface area (Å²) in [4.78, 5) is 25.4.